The third-order valence-electron chi connectivity index (χ3n) is 4.35. The maximum atomic E-state index is 12.3. The van der Waals surface area contributed by atoms with Gasteiger partial charge in [0.25, 0.3) is 0 Å². The number of esters is 1. The zero-order valence-electron chi connectivity index (χ0n) is 15.2. The third kappa shape index (κ3) is 3.46. The summed E-state index contributed by atoms with van der Waals surface area (Å²) in [5.74, 6) is -1.15. The van der Waals surface area contributed by atoms with Crippen molar-refractivity contribution in [2.45, 2.75) is 42.6 Å². The molecule has 3 heterocycles. The van der Waals surface area contributed by atoms with Crippen LogP contribution < -0.4 is 5.32 Å². The van der Waals surface area contributed by atoms with Crippen molar-refractivity contribution in [1.29, 1.82) is 0 Å². The zero-order valence-corrected chi connectivity index (χ0v) is 17.4. The van der Waals surface area contributed by atoms with Crippen molar-refractivity contribution >= 4 is 57.2 Å². The predicted octanol–water partition coefficient (Wildman–Crippen LogP) is 0.369. The summed E-state index contributed by atoms with van der Waals surface area (Å²) in [5, 5.41) is 13.7. The van der Waals surface area contributed by atoms with Crippen LogP contribution in [0.4, 0.5) is 5.82 Å². The number of rotatable bonds is 5. The number of hydrogen-bond acceptors (Lipinski definition) is 9. The normalized spacial score (nSPS) is 27.0. The molecule has 11 nitrogen and oxygen atoms in total. The topological polar surface area (TPSA) is 146 Å². The molecule has 28 heavy (non-hydrogen) atoms. The second kappa shape index (κ2) is 7.67. The molecule has 150 valence electrons. The van der Waals surface area contributed by atoms with Gasteiger partial charge in [-0.15, -0.1) is 0 Å². The van der Waals surface area contributed by atoms with Gasteiger partial charge in [-0.3, -0.25) is 19.0 Å². The van der Waals surface area contributed by atoms with E-state index in [0.29, 0.717) is 0 Å². The highest BCUT2D eigenvalue weighted by molar-refractivity contribution is 14.1. The molecule has 0 radical (unpaired) electrons. The highest BCUT2D eigenvalue weighted by Crippen LogP contribution is 2.44. The number of Topliss-reactive ketones (excluding diaryl/α,β-unsaturated/α-hetero) is 1. The lowest BCUT2D eigenvalue weighted by atomic mass is 9.93. The minimum atomic E-state index is -1.90. The first-order valence-corrected chi connectivity index (χ1v) is 9.52. The Morgan fingerprint density at radius 2 is 2.04 bits per heavy atom. The molecule has 2 N–H and O–H groups in total. The van der Waals surface area contributed by atoms with E-state index in [2.05, 4.69) is 20.3 Å². The SMILES string of the molecule is CC(=O)Nc1ncnc2c1ncn2[C@@H]1O[C@H](COC(C)=O)[C@@H](I)[C@]1(O)C(C)=O. The molecule has 4 atom stereocenters. The van der Waals surface area contributed by atoms with E-state index in [1.807, 2.05) is 22.6 Å². The summed E-state index contributed by atoms with van der Waals surface area (Å²) in [4.78, 5) is 47.2. The molecule has 2 aromatic rings. The number of halogens is 1. The van der Waals surface area contributed by atoms with Crippen LogP contribution in [-0.4, -0.2) is 64.5 Å². The molecule has 1 saturated heterocycles. The van der Waals surface area contributed by atoms with Gasteiger partial charge in [0.2, 0.25) is 5.91 Å². The number of anilines is 1. The van der Waals surface area contributed by atoms with Gasteiger partial charge in [-0.2, -0.15) is 0 Å². The summed E-state index contributed by atoms with van der Waals surface area (Å²) < 4.78 is 11.6. The standard InChI is InChI=1S/C16H18IN5O6/c1-7(23)16(26)12(17)10(4-27-9(3)25)28-15(16)22-6-20-11-13(21-8(2)24)18-5-19-14(11)22/h5-6,10,12,15,26H,4H2,1-3H3,(H,18,19,21,24)/t10-,12-,15-,16-/m1/s1. The Bertz CT molecular complexity index is 949. The maximum absolute atomic E-state index is 12.3. The molecule has 1 amide bonds. The van der Waals surface area contributed by atoms with Gasteiger partial charge in [-0.05, 0) is 6.92 Å². The molecule has 0 aliphatic carbocycles. The van der Waals surface area contributed by atoms with E-state index >= 15 is 0 Å². The predicted molar refractivity (Wildman–Crippen MR) is 104 cm³/mol. The molecule has 1 aliphatic heterocycles. The minimum Gasteiger partial charge on any atom is -0.463 e. The Morgan fingerprint density at radius 1 is 1.32 bits per heavy atom. The first kappa shape index (κ1) is 20.5. The number of ether oxygens (including phenoxy) is 2. The number of carbonyl (C=O) groups excluding carboxylic acids is 3. The van der Waals surface area contributed by atoms with Crippen LogP contribution in [0.2, 0.25) is 0 Å². The van der Waals surface area contributed by atoms with Gasteiger partial charge < -0.3 is 19.9 Å². The Labute approximate surface area is 173 Å². The van der Waals surface area contributed by atoms with E-state index in [9.17, 15) is 19.5 Å². The first-order chi connectivity index (χ1) is 13.2. The van der Waals surface area contributed by atoms with E-state index in [-0.39, 0.29) is 29.5 Å². The van der Waals surface area contributed by atoms with Crippen LogP contribution in [0.1, 0.15) is 27.0 Å². The number of fused-ring (bicyclic) bond motifs is 1. The number of amides is 1. The van der Waals surface area contributed by atoms with Crippen LogP contribution in [0, 0.1) is 0 Å². The van der Waals surface area contributed by atoms with Gasteiger partial charge >= 0.3 is 5.97 Å². The lowest BCUT2D eigenvalue weighted by molar-refractivity contribution is -0.152. The fraction of sp³-hybridized carbons (Fsp3) is 0.500. The number of nitrogens with zero attached hydrogens (tertiary/aromatic N) is 4. The molecule has 1 fully saturated rings. The van der Waals surface area contributed by atoms with E-state index in [1.54, 1.807) is 0 Å². The Balaban J connectivity index is 2.04. The molecular weight excluding hydrogens is 485 g/mol. The van der Waals surface area contributed by atoms with Gasteiger partial charge in [-0.25, -0.2) is 15.0 Å². The largest absolute Gasteiger partial charge is 0.463 e. The molecular formula is C16H18IN5O6. The summed E-state index contributed by atoms with van der Waals surface area (Å²) in [6.07, 6.45) is 0.696. The summed E-state index contributed by atoms with van der Waals surface area (Å²) in [7, 11) is 0. The van der Waals surface area contributed by atoms with Crippen molar-refractivity contribution < 1.29 is 29.0 Å². The number of carbonyl (C=O) groups is 3. The molecule has 2 aromatic heterocycles. The quantitative estimate of drug-likeness (QED) is 0.336. The highest BCUT2D eigenvalue weighted by atomic mass is 127. The van der Waals surface area contributed by atoms with Gasteiger partial charge in [0.15, 0.2) is 34.6 Å². The molecule has 0 bridgehead atoms. The second-order valence-electron chi connectivity index (χ2n) is 6.34. The molecule has 0 saturated carbocycles. The monoisotopic (exact) mass is 503 g/mol. The number of aliphatic hydroxyl groups is 1. The molecule has 12 heteroatoms. The average molecular weight is 503 g/mol. The smallest absolute Gasteiger partial charge is 0.302 e. The van der Waals surface area contributed by atoms with E-state index in [1.165, 1.54) is 38.0 Å². The van der Waals surface area contributed by atoms with Crippen LogP contribution in [-0.2, 0) is 23.9 Å². The number of imidazole rings is 1. The summed E-state index contributed by atoms with van der Waals surface area (Å²) in [6, 6.07) is 0. The van der Waals surface area contributed by atoms with Crippen molar-refractivity contribution in [3.8, 4) is 0 Å². The summed E-state index contributed by atoms with van der Waals surface area (Å²) >= 11 is 1.91. The molecule has 0 unspecified atom stereocenters. The number of nitrogens with one attached hydrogen (secondary N) is 1. The third-order valence-corrected chi connectivity index (χ3v) is 6.10. The maximum Gasteiger partial charge on any atom is 0.302 e. The molecule has 0 aromatic carbocycles. The Hall–Kier alpha value is -2.19. The number of hydrogen-bond donors (Lipinski definition) is 2. The lowest BCUT2D eigenvalue weighted by Gasteiger charge is -2.29. The van der Waals surface area contributed by atoms with Gasteiger partial charge in [-0.1, -0.05) is 22.6 Å². The number of alkyl halides is 1. The number of aromatic nitrogens is 4. The molecule has 3 rings (SSSR count). The van der Waals surface area contributed by atoms with Crippen molar-refractivity contribution in [2.75, 3.05) is 11.9 Å². The van der Waals surface area contributed by atoms with E-state index in [0.717, 1.165) is 0 Å². The molecule has 0 spiro atoms. The number of ketones is 1. The molecule has 1 aliphatic rings. The van der Waals surface area contributed by atoms with Crippen molar-refractivity contribution in [3.63, 3.8) is 0 Å². The summed E-state index contributed by atoms with van der Waals surface area (Å²) in [6.45, 7) is 3.73. The Kier molecular flexibility index (Phi) is 5.63. The minimum absolute atomic E-state index is 0.117. The summed E-state index contributed by atoms with van der Waals surface area (Å²) in [5.41, 5.74) is -1.36. The first-order valence-electron chi connectivity index (χ1n) is 8.27. The second-order valence-corrected chi connectivity index (χ2v) is 7.68. The van der Waals surface area contributed by atoms with Gasteiger partial charge in [0, 0.05) is 13.8 Å². The zero-order chi connectivity index (χ0) is 20.6. The van der Waals surface area contributed by atoms with Crippen LogP contribution >= 0.6 is 22.6 Å². The fourth-order valence-electron chi connectivity index (χ4n) is 3.01. The van der Waals surface area contributed by atoms with Crippen LogP contribution in [0.3, 0.4) is 0 Å². The highest BCUT2D eigenvalue weighted by Gasteiger charge is 2.59. The van der Waals surface area contributed by atoms with Crippen LogP contribution in [0.15, 0.2) is 12.7 Å². The van der Waals surface area contributed by atoms with E-state index in [4.69, 9.17) is 9.47 Å². The van der Waals surface area contributed by atoms with E-state index < -0.39 is 33.6 Å². The fourth-order valence-corrected chi connectivity index (χ4v) is 4.13. The van der Waals surface area contributed by atoms with Crippen LogP contribution in [0.5, 0.6) is 0 Å². The average Bonchev–Trinajstić information content (AvgIpc) is 3.14. The van der Waals surface area contributed by atoms with Crippen molar-refractivity contribution in [3.05, 3.63) is 12.7 Å². The lowest BCUT2D eigenvalue weighted by Crippen LogP contribution is -2.49. The van der Waals surface area contributed by atoms with Gasteiger partial charge in [0.05, 0.1) is 10.3 Å². The van der Waals surface area contributed by atoms with Crippen molar-refractivity contribution in [1.82, 2.24) is 19.5 Å². The Morgan fingerprint density at radius 3 is 2.64 bits per heavy atom. The van der Waals surface area contributed by atoms with Crippen LogP contribution in [0.25, 0.3) is 11.2 Å². The van der Waals surface area contributed by atoms with Crippen molar-refractivity contribution in [2.24, 2.45) is 0 Å². The van der Waals surface area contributed by atoms with Gasteiger partial charge in [0.1, 0.15) is 19.0 Å².